The summed E-state index contributed by atoms with van der Waals surface area (Å²) in [6.45, 7) is 0. The average Bonchev–Trinajstić information content (AvgIpc) is 2.84. The third-order valence-corrected chi connectivity index (χ3v) is 2.10. The van der Waals surface area contributed by atoms with E-state index < -0.39 is 0 Å². The Balaban J connectivity index is 2.53. The number of benzene rings is 2. The molecular weight excluding hydrogens is 152 g/mol. The lowest BCUT2D eigenvalue weighted by molar-refractivity contribution is 0.464. The summed E-state index contributed by atoms with van der Waals surface area (Å²) in [5.41, 5.74) is 0. The summed E-state index contributed by atoms with van der Waals surface area (Å²) in [5, 5.41) is 11.4. The van der Waals surface area contributed by atoms with Crippen LogP contribution in [0, 0.1) is 0 Å². The quantitative estimate of drug-likeness (QED) is 0.510. The van der Waals surface area contributed by atoms with Crippen molar-refractivity contribution in [2.75, 3.05) is 0 Å². The van der Waals surface area contributed by atoms with Crippen LogP contribution in [0.1, 0.15) is 0 Å². The molecular formula is C10H6O2. The molecule has 2 aromatic rings. The molecule has 0 atom stereocenters. The molecule has 0 aromatic heterocycles. The van der Waals surface area contributed by atoms with Crippen LogP contribution in [-0.4, -0.2) is 5.11 Å². The highest BCUT2D eigenvalue weighted by Crippen LogP contribution is 2.56. The topological polar surface area (TPSA) is 32.8 Å². The molecule has 2 heteroatoms. The van der Waals surface area contributed by atoms with E-state index in [9.17, 15) is 5.11 Å². The predicted molar refractivity (Wildman–Crippen MR) is 45.7 cm³/mol. The third-order valence-electron chi connectivity index (χ3n) is 2.10. The smallest absolute Gasteiger partial charge is 0.212 e. The Hall–Kier alpha value is -1.70. The number of fused-ring (bicyclic) bond motifs is 3. The van der Waals surface area contributed by atoms with Crippen molar-refractivity contribution >= 4 is 10.8 Å². The van der Waals surface area contributed by atoms with Crippen molar-refractivity contribution in [1.29, 1.82) is 0 Å². The van der Waals surface area contributed by atoms with E-state index in [1.54, 1.807) is 6.07 Å². The zero-order chi connectivity index (χ0) is 8.13. The fourth-order valence-corrected chi connectivity index (χ4v) is 1.46. The highest BCUT2D eigenvalue weighted by molar-refractivity contribution is 5.97. The molecule has 1 heterocycles. The summed E-state index contributed by atoms with van der Waals surface area (Å²) in [7, 11) is 0. The van der Waals surface area contributed by atoms with Gasteiger partial charge in [0.1, 0.15) is 0 Å². The molecule has 1 aliphatic rings. The minimum absolute atomic E-state index is 0.240. The molecule has 12 heavy (non-hydrogen) atoms. The molecule has 2 aromatic carbocycles. The Labute approximate surface area is 69.0 Å². The van der Waals surface area contributed by atoms with Gasteiger partial charge in [0.15, 0.2) is 11.5 Å². The van der Waals surface area contributed by atoms with E-state index in [-0.39, 0.29) is 5.75 Å². The van der Waals surface area contributed by atoms with Gasteiger partial charge in [-0.2, -0.15) is 0 Å². The van der Waals surface area contributed by atoms with Gasteiger partial charge in [-0.25, -0.2) is 0 Å². The monoisotopic (exact) mass is 158 g/mol. The van der Waals surface area contributed by atoms with Gasteiger partial charge in [0.2, 0.25) is 5.75 Å². The molecule has 1 aliphatic heterocycles. The van der Waals surface area contributed by atoms with Gasteiger partial charge in [-0.05, 0) is 11.5 Å². The first-order valence-electron chi connectivity index (χ1n) is 3.79. The zero-order valence-corrected chi connectivity index (χ0v) is 6.24. The van der Waals surface area contributed by atoms with Gasteiger partial charge in [0.25, 0.3) is 0 Å². The van der Waals surface area contributed by atoms with E-state index in [0.717, 1.165) is 16.5 Å². The van der Waals surface area contributed by atoms with Gasteiger partial charge in [-0.1, -0.05) is 24.3 Å². The summed E-state index contributed by atoms with van der Waals surface area (Å²) in [6, 6.07) is 9.57. The highest BCUT2D eigenvalue weighted by Gasteiger charge is 2.27. The number of aromatic hydroxyl groups is 1. The molecule has 0 saturated carbocycles. The Morgan fingerprint density at radius 2 is 1.92 bits per heavy atom. The van der Waals surface area contributed by atoms with Crippen molar-refractivity contribution in [3.8, 4) is 17.2 Å². The fraction of sp³-hybridized carbons (Fsp3) is 0. The van der Waals surface area contributed by atoms with Crippen LogP contribution < -0.4 is 4.74 Å². The lowest BCUT2D eigenvalue weighted by atomic mass is 10.1. The van der Waals surface area contributed by atoms with Crippen LogP contribution in [0.3, 0.4) is 0 Å². The summed E-state index contributed by atoms with van der Waals surface area (Å²) in [5.74, 6) is 1.70. The maximum Gasteiger partial charge on any atom is 0.212 e. The largest absolute Gasteiger partial charge is 0.504 e. The van der Waals surface area contributed by atoms with Crippen LogP contribution >= 0.6 is 0 Å². The Kier molecular flexibility index (Phi) is 0.844. The summed E-state index contributed by atoms with van der Waals surface area (Å²) in [4.78, 5) is 0. The van der Waals surface area contributed by atoms with Crippen LogP contribution in [0.5, 0.6) is 17.2 Å². The van der Waals surface area contributed by atoms with Crippen LogP contribution in [-0.2, 0) is 0 Å². The van der Waals surface area contributed by atoms with Crippen molar-refractivity contribution in [2.24, 2.45) is 0 Å². The predicted octanol–water partition coefficient (Wildman–Crippen LogP) is 2.65. The van der Waals surface area contributed by atoms with Crippen molar-refractivity contribution in [3.05, 3.63) is 30.3 Å². The van der Waals surface area contributed by atoms with Crippen LogP contribution in [0.25, 0.3) is 10.8 Å². The normalized spacial score (nSPS) is 12.3. The summed E-state index contributed by atoms with van der Waals surface area (Å²) >= 11 is 0. The van der Waals surface area contributed by atoms with Gasteiger partial charge < -0.3 is 9.84 Å². The van der Waals surface area contributed by atoms with Crippen molar-refractivity contribution in [1.82, 2.24) is 0 Å². The van der Waals surface area contributed by atoms with Crippen molar-refractivity contribution in [2.45, 2.75) is 0 Å². The van der Waals surface area contributed by atoms with Gasteiger partial charge in [0.05, 0.1) is 0 Å². The average molecular weight is 158 g/mol. The van der Waals surface area contributed by atoms with E-state index in [2.05, 4.69) is 0 Å². The number of hydrogen-bond acceptors (Lipinski definition) is 2. The van der Waals surface area contributed by atoms with Crippen molar-refractivity contribution < 1.29 is 9.84 Å². The molecule has 0 radical (unpaired) electrons. The molecule has 0 amide bonds. The lowest BCUT2D eigenvalue weighted by Gasteiger charge is -1.91. The SMILES string of the molecule is Oc1cc2ccccc2c2c1O2. The number of phenolic OH excluding ortho intramolecular Hbond substituents is 1. The van der Waals surface area contributed by atoms with E-state index in [0.29, 0.717) is 5.75 Å². The molecule has 0 aliphatic carbocycles. The molecule has 1 N–H and O–H groups in total. The van der Waals surface area contributed by atoms with E-state index in [1.165, 1.54) is 0 Å². The van der Waals surface area contributed by atoms with E-state index in [1.807, 2.05) is 24.3 Å². The van der Waals surface area contributed by atoms with Gasteiger partial charge in [0, 0.05) is 5.39 Å². The first-order valence-corrected chi connectivity index (χ1v) is 3.79. The second-order valence-electron chi connectivity index (χ2n) is 2.88. The van der Waals surface area contributed by atoms with Gasteiger partial charge in [-0.3, -0.25) is 0 Å². The molecule has 0 saturated heterocycles. The van der Waals surface area contributed by atoms with Crippen molar-refractivity contribution in [3.63, 3.8) is 0 Å². The fourth-order valence-electron chi connectivity index (χ4n) is 1.46. The lowest BCUT2D eigenvalue weighted by Crippen LogP contribution is -1.65. The molecule has 3 rings (SSSR count). The first kappa shape index (κ1) is 5.89. The standard InChI is InChI=1S/C10H6O2/c11-8-5-6-3-1-2-4-7(6)9-10(8)12-9/h1-5,11H. The Bertz CT molecular complexity index is 474. The molecule has 0 fully saturated rings. The highest BCUT2D eigenvalue weighted by atomic mass is 16.6. The maximum absolute atomic E-state index is 9.34. The van der Waals surface area contributed by atoms with E-state index >= 15 is 0 Å². The molecule has 2 nitrogen and oxygen atoms in total. The zero-order valence-electron chi connectivity index (χ0n) is 6.24. The molecule has 0 bridgehead atoms. The number of rotatable bonds is 0. The second kappa shape index (κ2) is 1.72. The number of phenols is 1. The molecule has 58 valence electrons. The van der Waals surface area contributed by atoms with Crippen LogP contribution in [0.2, 0.25) is 0 Å². The molecule has 0 unspecified atom stereocenters. The summed E-state index contributed by atoms with van der Waals surface area (Å²) in [6.07, 6.45) is 0. The summed E-state index contributed by atoms with van der Waals surface area (Å²) < 4.78 is 5.13. The second-order valence-corrected chi connectivity index (χ2v) is 2.88. The van der Waals surface area contributed by atoms with Gasteiger partial charge >= 0.3 is 0 Å². The van der Waals surface area contributed by atoms with Crippen LogP contribution in [0.15, 0.2) is 30.3 Å². The first-order chi connectivity index (χ1) is 5.86. The Morgan fingerprint density at radius 1 is 1.08 bits per heavy atom. The minimum Gasteiger partial charge on any atom is -0.504 e. The van der Waals surface area contributed by atoms with Gasteiger partial charge in [-0.15, -0.1) is 0 Å². The number of ether oxygens (including phenoxy) is 1. The van der Waals surface area contributed by atoms with E-state index in [4.69, 9.17) is 4.74 Å². The third kappa shape index (κ3) is 0.593. The minimum atomic E-state index is 0.240. The number of hydrogen-bond donors (Lipinski definition) is 1. The molecule has 0 spiro atoms. The Morgan fingerprint density at radius 3 is 2.83 bits per heavy atom. The maximum atomic E-state index is 9.34. The van der Waals surface area contributed by atoms with Crippen LogP contribution in [0.4, 0.5) is 0 Å².